The molecule has 0 bridgehead atoms. The van der Waals surface area contributed by atoms with Crippen molar-refractivity contribution >= 4 is 17.6 Å². The number of carboxylic acids is 1. The summed E-state index contributed by atoms with van der Waals surface area (Å²) in [5.41, 5.74) is 0.477. The molecule has 114 valence electrons. The zero-order valence-electron chi connectivity index (χ0n) is 11.8. The van der Waals surface area contributed by atoms with E-state index in [1.165, 1.54) is 36.1 Å². The summed E-state index contributed by atoms with van der Waals surface area (Å²) in [7, 11) is 0. The van der Waals surface area contributed by atoms with Gasteiger partial charge in [-0.2, -0.15) is 0 Å². The van der Waals surface area contributed by atoms with Crippen molar-refractivity contribution in [2.24, 2.45) is 5.92 Å². The number of amides is 1. The largest absolute Gasteiger partial charge is 0.481 e. The Bertz CT molecular complexity index is 511. The van der Waals surface area contributed by atoms with E-state index in [0.717, 1.165) is 6.42 Å². The van der Waals surface area contributed by atoms with Crippen LogP contribution in [0, 0.1) is 11.7 Å². The Hall–Kier alpha value is -1.95. The Morgan fingerprint density at radius 1 is 1.43 bits per heavy atom. The molecule has 5 nitrogen and oxygen atoms in total. The van der Waals surface area contributed by atoms with Crippen LogP contribution in [0.5, 0.6) is 0 Å². The van der Waals surface area contributed by atoms with Crippen molar-refractivity contribution in [2.75, 3.05) is 18.1 Å². The second-order valence-corrected chi connectivity index (χ2v) is 5.17. The van der Waals surface area contributed by atoms with E-state index in [1.807, 2.05) is 0 Å². The lowest BCUT2D eigenvalue weighted by Gasteiger charge is -2.27. The second-order valence-electron chi connectivity index (χ2n) is 5.17. The summed E-state index contributed by atoms with van der Waals surface area (Å²) in [5.74, 6) is -2.38. The highest BCUT2D eigenvalue weighted by Crippen LogP contribution is 2.22. The highest BCUT2D eigenvalue weighted by Gasteiger charge is 2.31. The Balaban J connectivity index is 2.22. The number of hydrogen-bond donors (Lipinski definition) is 1. The topological polar surface area (TPSA) is 66.8 Å². The Morgan fingerprint density at radius 3 is 2.62 bits per heavy atom. The maximum atomic E-state index is 13.0. The molecule has 0 saturated carbocycles. The van der Waals surface area contributed by atoms with E-state index in [0.29, 0.717) is 18.7 Å². The summed E-state index contributed by atoms with van der Waals surface area (Å²) in [5, 5.41) is 9.04. The van der Waals surface area contributed by atoms with Gasteiger partial charge in [-0.3, -0.25) is 9.59 Å². The van der Waals surface area contributed by atoms with Crippen molar-refractivity contribution in [1.29, 1.82) is 0 Å². The lowest BCUT2D eigenvalue weighted by molar-refractivity contribution is -0.140. The first kappa shape index (κ1) is 15.4. The second kappa shape index (κ2) is 6.67. The normalized spacial score (nSPS) is 19.2. The zero-order chi connectivity index (χ0) is 15.4. The number of anilines is 1. The number of ether oxygens (including phenoxy) is 1. The van der Waals surface area contributed by atoms with E-state index in [4.69, 9.17) is 9.84 Å². The molecule has 1 aromatic rings. The van der Waals surface area contributed by atoms with Gasteiger partial charge in [0.05, 0.1) is 5.92 Å². The minimum atomic E-state index is -0.984. The lowest BCUT2D eigenvalue weighted by atomic mass is 10.1. The molecular formula is C15H18FNO4. The van der Waals surface area contributed by atoms with E-state index >= 15 is 0 Å². The quantitative estimate of drug-likeness (QED) is 0.903. The van der Waals surface area contributed by atoms with Crippen molar-refractivity contribution in [3.05, 3.63) is 30.1 Å². The summed E-state index contributed by atoms with van der Waals surface area (Å²) >= 11 is 0. The molecule has 2 unspecified atom stereocenters. The molecule has 1 aromatic carbocycles. The van der Waals surface area contributed by atoms with Crippen LogP contribution in [0.15, 0.2) is 24.3 Å². The van der Waals surface area contributed by atoms with Crippen molar-refractivity contribution in [3.63, 3.8) is 0 Å². The molecule has 1 fully saturated rings. The molecule has 1 aliphatic heterocycles. The SMILES string of the molecule is CC(CN(C(=O)C1CCCO1)c1ccc(F)cc1)C(=O)O. The summed E-state index contributed by atoms with van der Waals surface area (Å²) in [6, 6.07) is 5.43. The molecule has 0 spiro atoms. The van der Waals surface area contributed by atoms with Gasteiger partial charge in [-0.1, -0.05) is 6.92 Å². The van der Waals surface area contributed by atoms with Crippen LogP contribution in [0.4, 0.5) is 10.1 Å². The number of benzene rings is 1. The lowest BCUT2D eigenvalue weighted by Crippen LogP contribution is -2.42. The smallest absolute Gasteiger partial charge is 0.308 e. The molecular weight excluding hydrogens is 277 g/mol. The molecule has 2 rings (SSSR count). The number of carboxylic acid groups (broad SMARTS) is 1. The van der Waals surface area contributed by atoms with E-state index in [1.54, 1.807) is 0 Å². The van der Waals surface area contributed by atoms with Crippen LogP contribution in [-0.2, 0) is 14.3 Å². The van der Waals surface area contributed by atoms with Crippen molar-refractivity contribution in [1.82, 2.24) is 0 Å². The summed E-state index contributed by atoms with van der Waals surface area (Å²) < 4.78 is 18.4. The maximum absolute atomic E-state index is 13.0. The predicted molar refractivity (Wildman–Crippen MR) is 74.5 cm³/mol. The van der Waals surface area contributed by atoms with Crippen molar-refractivity contribution in [2.45, 2.75) is 25.9 Å². The maximum Gasteiger partial charge on any atom is 0.308 e. The fourth-order valence-corrected chi connectivity index (χ4v) is 2.24. The van der Waals surface area contributed by atoms with Crippen LogP contribution < -0.4 is 4.90 Å². The number of rotatable bonds is 5. The first-order valence-corrected chi connectivity index (χ1v) is 6.90. The third-order valence-corrected chi connectivity index (χ3v) is 3.49. The van der Waals surface area contributed by atoms with Crippen LogP contribution in [-0.4, -0.2) is 36.2 Å². The van der Waals surface area contributed by atoms with Crippen LogP contribution in [0.1, 0.15) is 19.8 Å². The molecule has 1 saturated heterocycles. The Morgan fingerprint density at radius 2 is 2.10 bits per heavy atom. The summed E-state index contributed by atoms with van der Waals surface area (Å²) in [6.07, 6.45) is 0.885. The first-order valence-electron chi connectivity index (χ1n) is 6.90. The number of hydrogen-bond acceptors (Lipinski definition) is 3. The van der Waals surface area contributed by atoms with E-state index < -0.39 is 23.8 Å². The monoisotopic (exact) mass is 295 g/mol. The predicted octanol–water partition coefficient (Wildman–Crippen LogP) is 2.06. The zero-order valence-corrected chi connectivity index (χ0v) is 11.8. The third-order valence-electron chi connectivity index (χ3n) is 3.49. The number of carbonyl (C=O) groups is 2. The summed E-state index contributed by atoms with van der Waals surface area (Å²) in [4.78, 5) is 24.9. The fraction of sp³-hybridized carbons (Fsp3) is 0.467. The van der Waals surface area contributed by atoms with Gasteiger partial charge in [-0.25, -0.2) is 4.39 Å². The van der Waals surface area contributed by atoms with Crippen LogP contribution in [0.2, 0.25) is 0 Å². The molecule has 1 heterocycles. The van der Waals surface area contributed by atoms with Crippen molar-refractivity contribution < 1.29 is 23.8 Å². The van der Waals surface area contributed by atoms with E-state index in [2.05, 4.69) is 0 Å². The van der Waals surface area contributed by atoms with Gasteiger partial charge in [-0.15, -0.1) is 0 Å². The Labute approximate surface area is 122 Å². The third kappa shape index (κ3) is 3.78. The number of nitrogens with zero attached hydrogens (tertiary/aromatic N) is 1. The minimum absolute atomic E-state index is 0.0274. The molecule has 0 aromatic heterocycles. The highest BCUT2D eigenvalue weighted by molar-refractivity contribution is 5.97. The van der Waals surface area contributed by atoms with Crippen molar-refractivity contribution in [3.8, 4) is 0 Å². The average Bonchev–Trinajstić information content (AvgIpc) is 2.99. The number of aliphatic carboxylic acids is 1. The van der Waals surface area contributed by atoms with Crippen LogP contribution >= 0.6 is 0 Å². The molecule has 1 aliphatic rings. The summed E-state index contributed by atoms with van der Waals surface area (Å²) in [6.45, 7) is 2.09. The highest BCUT2D eigenvalue weighted by atomic mass is 19.1. The molecule has 0 radical (unpaired) electrons. The molecule has 0 aliphatic carbocycles. The van der Waals surface area contributed by atoms with Crippen LogP contribution in [0.3, 0.4) is 0 Å². The van der Waals surface area contributed by atoms with E-state index in [9.17, 15) is 14.0 Å². The number of halogens is 1. The van der Waals surface area contributed by atoms with Gasteiger partial charge < -0.3 is 14.7 Å². The van der Waals surface area contributed by atoms with Gasteiger partial charge in [0, 0.05) is 18.8 Å². The molecule has 2 atom stereocenters. The van der Waals surface area contributed by atoms with Gasteiger partial charge in [-0.05, 0) is 37.1 Å². The van der Waals surface area contributed by atoms with Gasteiger partial charge in [0.25, 0.3) is 5.91 Å². The molecule has 1 N–H and O–H groups in total. The van der Waals surface area contributed by atoms with Crippen LogP contribution in [0.25, 0.3) is 0 Å². The Kier molecular flexibility index (Phi) is 4.90. The molecule has 1 amide bonds. The minimum Gasteiger partial charge on any atom is -0.481 e. The van der Waals surface area contributed by atoms with Gasteiger partial charge in [0.1, 0.15) is 11.9 Å². The standard InChI is InChI=1S/C15H18FNO4/c1-10(15(19)20)9-17(12-6-4-11(16)5-7-12)14(18)13-3-2-8-21-13/h4-7,10,13H,2-3,8-9H2,1H3,(H,19,20). The molecule has 21 heavy (non-hydrogen) atoms. The van der Waals surface area contributed by atoms with E-state index in [-0.39, 0.29) is 12.5 Å². The molecule has 6 heteroatoms. The first-order chi connectivity index (χ1) is 9.99. The average molecular weight is 295 g/mol. The van der Waals surface area contributed by atoms with Gasteiger partial charge >= 0.3 is 5.97 Å². The number of carbonyl (C=O) groups excluding carboxylic acids is 1. The van der Waals surface area contributed by atoms with Gasteiger partial charge in [0.2, 0.25) is 0 Å². The van der Waals surface area contributed by atoms with Gasteiger partial charge in [0.15, 0.2) is 0 Å². The fourth-order valence-electron chi connectivity index (χ4n) is 2.24.